The molecule has 1 aromatic rings. The molecule has 0 heterocycles. The zero-order chi connectivity index (χ0) is 14.5. The third kappa shape index (κ3) is 5.60. The van der Waals surface area contributed by atoms with Gasteiger partial charge in [-0.05, 0) is 36.5 Å². The minimum atomic E-state index is -0.141. The van der Waals surface area contributed by atoms with Gasteiger partial charge in [-0.25, -0.2) is 0 Å². The van der Waals surface area contributed by atoms with Crippen LogP contribution in [0.2, 0.25) is 10.0 Å². The minimum absolute atomic E-state index is 0.0285. The molecular weight excluding hydrogens is 305 g/mol. The average Bonchev–Trinajstić information content (AvgIpc) is 2.37. The van der Waals surface area contributed by atoms with Crippen LogP contribution in [0.5, 0.6) is 0 Å². The molecule has 0 bridgehead atoms. The molecule has 5 heteroatoms. The number of nitrogens with one attached hydrogen (secondary N) is 1. The molecular formula is C14H18Cl3NO. The van der Waals surface area contributed by atoms with E-state index in [4.69, 9.17) is 34.8 Å². The fourth-order valence-corrected chi connectivity index (χ4v) is 2.12. The number of hydrogen-bond donors (Lipinski definition) is 1. The summed E-state index contributed by atoms with van der Waals surface area (Å²) in [5, 5.41) is 3.74. The summed E-state index contributed by atoms with van der Waals surface area (Å²) in [7, 11) is 0. The Balaban J connectivity index is 2.57. The maximum absolute atomic E-state index is 12.0. The highest BCUT2D eigenvalue weighted by Crippen LogP contribution is 2.24. The van der Waals surface area contributed by atoms with Gasteiger partial charge in [-0.2, -0.15) is 0 Å². The summed E-state index contributed by atoms with van der Waals surface area (Å²) in [4.78, 5) is 12.0. The molecule has 0 saturated carbocycles. The summed E-state index contributed by atoms with van der Waals surface area (Å²) in [6.45, 7) is 4.81. The number of rotatable bonds is 6. The van der Waals surface area contributed by atoms with Gasteiger partial charge in [0.15, 0.2) is 0 Å². The second-order valence-electron chi connectivity index (χ2n) is 5.27. The number of halogens is 3. The highest BCUT2D eigenvalue weighted by molar-refractivity contribution is 6.42. The first-order chi connectivity index (χ1) is 8.85. The highest BCUT2D eigenvalue weighted by Gasteiger charge is 2.19. The molecule has 0 atom stereocenters. The maximum atomic E-state index is 12.0. The Bertz CT molecular complexity index is 446. The van der Waals surface area contributed by atoms with Crippen LogP contribution in [-0.4, -0.2) is 18.3 Å². The molecule has 1 amide bonds. The van der Waals surface area contributed by atoms with E-state index in [-0.39, 0.29) is 11.3 Å². The van der Waals surface area contributed by atoms with E-state index in [1.165, 1.54) is 0 Å². The lowest BCUT2D eigenvalue weighted by Gasteiger charge is -2.24. The normalized spacial score (nSPS) is 11.4. The van der Waals surface area contributed by atoms with Crippen LogP contribution in [0.4, 0.5) is 0 Å². The van der Waals surface area contributed by atoms with Crippen molar-refractivity contribution in [1.82, 2.24) is 5.32 Å². The number of hydrogen-bond acceptors (Lipinski definition) is 1. The second-order valence-corrected chi connectivity index (χ2v) is 6.46. The number of benzene rings is 1. The van der Waals surface area contributed by atoms with E-state index in [0.717, 1.165) is 12.8 Å². The molecule has 0 aliphatic carbocycles. The van der Waals surface area contributed by atoms with Crippen molar-refractivity contribution in [2.75, 3.05) is 12.4 Å². The van der Waals surface area contributed by atoms with Crippen LogP contribution in [0.3, 0.4) is 0 Å². The summed E-state index contributed by atoms with van der Waals surface area (Å²) >= 11 is 17.4. The fraction of sp³-hybridized carbons (Fsp3) is 0.500. The first-order valence-electron chi connectivity index (χ1n) is 6.15. The van der Waals surface area contributed by atoms with Crippen LogP contribution in [0.15, 0.2) is 18.2 Å². The van der Waals surface area contributed by atoms with E-state index in [0.29, 0.717) is 28.0 Å². The molecule has 0 spiro atoms. The van der Waals surface area contributed by atoms with Crippen LogP contribution >= 0.6 is 34.8 Å². The third-order valence-electron chi connectivity index (χ3n) is 2.90. The highest BCUT2D eigenvalue weighted by atomic mass is 35.5. The summed E-state index contributed by atoms with van der Waals surface area (Å²) in [5.41, 5.74) is 0.545. The van der Waals surface area contributed by atoms with Gasteiger partial charge in [-0.1, -0.05) is 37.0 Å². The maximum Gasteiger partial charge on any atom is 0.251 e. The molecule has 1 N–H and O–H groups in total. The Morgan fingerprint density at radius 3 is 2.53 bits per heavy atom. The van der Waals surface area contributed by atoms with Gasteiger partial charge in [0.05, 0.1) is 10.0 Å². The van der Waals surface area contributed by atoms with Gasteiger partial charge in [0.25, 0.3) is 5.91 Å². The number of carbonyl (C=O) groups is 1. The molecule has 0 aliphatic rings. The molecule has 0 aromatic heterocycles. The van der Waals surface area contributed by atoms with Crippen molar-refractivity contribution in [1.29, 1.82) is 0 Å². The van der Waals surface area contributed by atoms with Crippen LogP contribution < -0.4 is 5.32 Å². The van der Waals surface area contributed by atoms with Crippen molar-refractivity contribution in [3.05, 3.63) is 33.8 Å². The quantitative estimate of drug-likeness (QED) is 0.751. The Labute approximate surface area is 129 Å². The van der Waals surface area contributed by atoms with Gasteiger partial charge in [0.2, 0.25) is 0 Å². The van der Waals surface area contributed by atoms with Gasteiger partial charge in [-0.15, -0.1) is 11.6 Å². The van der Waals surface area contributed by atoms with Crippen molar-refractivity contribution in [2.24, 2.45) is 5.41 Å². The first kappa shape index (κ1) is 16.6. The molecule has 0 saturated heterocycles. The Hall–Kier alpha value is -0.440. The number of alkyl halides is 1. The Kier molecular flexibility index (Phi) is 6.45. The molecule has 19 heavy (non-hydrogen) atoms. The van der Waals surface area contributed by atoms with Crippen molar-refractivity contribution in [3.63, 3.8) is 0 Å². The van der Waals surface area contributed by atoms with Crippen LogP contribution in [-0.2, 0) is 0 Å². The smallest absolute Gasteiger partial charge is 0.251 e. The molecule has 0 unspecified atom stereocenters. The predicted molar refractivity (Wildman–Crippen MR) is 82.5 cm³/mol. The van der Waals surface area contributed by atoms with E-state index < -0.39 is 0 Å². The van der Waals surface area contributed by atoms with Crippen molar-refractivity contribution < 1.29 is 4.79 Å². The van der Waals surface area contributed by atoms with Crippen LogP contribution in [0.1, 0.15) is 37.0 Å². The van der Waals surface area contributed by atoms with Crippen molar-refractivity contribution >= 4 is 40.7 Å². The monoisotopic (exact) mass is 321 g/mol. The molecule has 0 radical (unpaired) electrons. The minimum Gasteiger partial charge on any atom is -0.352 e. The zero-order valence-electron chi connectivity index (χ0n) is 11.1. The zero-order valence-corrected chi connectivity index (χ0v) is 13.4. The van der Waals surface area contributed by atoms with Crippen molar-refractivity contribution in [2.45, 2.75) is 26.7 Å². The summed E-state index contributed by atoms with van der Waals surface area (Å²) in [5.74, 6) is 0.502. The first-order valence-corrected chi connectivity index (χ1v) is 7.44. The van der Waals surface area contributed by atoms with E-state index in [1.807, 2.05) is 0 Å². The van der Waals surface area contributed by atoms with Crippen molar-refractivity contribution in [3.8, 4) is 0 Å². The largest absolute Gasteiger partial charge is 0.352 e. The van der Waals surface area contributed by atoms with E-state index in [9.17, 15) is 4.79 Å². The molecule has 1 aromatic carbocycles. The van der Waals surface area contributed by atoms with Crippen LogP contribution in [0, 0.1) is 5.41 Å². The predicted octanol–water partition coefficient (Wildman–Crippen LogP) is 4.77. The van der Waals surface area contributed by atoms with Gasteiger partial charge < -0.3 is 5.32 Å². The van der Waals surface area contributed by atoms with E-state index >= 15 is 0 Å². The van der Waals surface area contributed by atoms with Gasteiger partial charge in [0.1, 0.15) is 0 Å². The average molecular weight is 323 g/mol. The topological polar surface area (TPSA) is 29.1 Å². The number of carbonyl (C=O) groups excluding carboxylic acids is 1. The lowest BCUT2D eigenvalue weighted by molar-refractivity contribution is 0.0934. The lowest BCUT2D eigenvalue weighted by atomic mass is 9.88. The fourth-order valence-electron chi connectivity index (χ4n) is 1.69. The Morgan fingerprint density at radius 1 is 1.26 bits per heavy atom. The summed E-state index contributed by atoms with van der Waals surface area (Å²) in [6, 6.07) is 4.86. The third-order valence-corrected chi connectivity index (χ3v) is 3.90. The van der Waals surface area contributed by atoms with Gasteiger partial charge >= 0.3 is 0 Å². The molecule has 0 aliphatic heterocycles. The van der Waals surface area contributed by atoms with E-state index in [2.05, 4.69) is 19.2 Å². The molecule has 0 fully saturated rings. The molecule has 1 rings (SSSR count). The number of amides is 1. The second kappa shape index (κ2) is 7.37. The van der Waals surface area contributed by atoms with Gasteiger partial charge in [-0.3, -0.25) is 4.79 Å². The standard InChI is InChI=1S/C14H18Cl3NO/c1-14(2,6-3-7-15)9-18-13(19)10-4-5-11(16)12(17)8-10/h4-5,8H,3,6-7,9H2,1-2H3,(H,18,19). The SMILES string of the molecule is CC(C)(CCCCl)CNC(=O)c1ccc(Cl)c(Cl)c1. The van der Waals surface area contributed by atoms with Gasteiger partial charge in [0, 0.05) is 18.0 Å². The molecule has 2 nitrogen and oxygen atoms in total. The van der Waals surface area contributed by atoms with E-state index in [1.54, 1.807) is 18.2 Å². The van der Waals surface area contributed by atoms with Crippen LogP contribution in [0.25, 0.3) is 0 Å². The molecule has 106 valence electrons. The summed E-state index contributed by atoms with van der Waals surface area (Å²) in [6.07, 6.45) is 1.91. The lowest BCUT2D eigenvalue weighted by Crippen LogP contribution is -2.34. The summed E-state index contributed by atoms with van der Waals surface area (Å²) < 4.78 is 0. The Morgan fingerprint density at radius 2 is 1.95 bits per heavy atom.